The molecule has 9 heteroatoms. The van der Waals surface area contributed by atoms with Crippen LogP contribution in [0.25, 0.3) is 10.2 Å². The second kappa shape index (κ2) is 9.88. The van der Waals surface area contributed by atoms with Crippen LogP contribution in [-0.2, 0) is 11.3 Å². The van der Waals surface area contributed by atoms with E-state index in [4.69, 9.17) is 0 Å². The monoisotopic (exact) mass is 463 g/mol. The molecule has 3 aromatic heterocycles. The van der Waals surface area contributed by atoms with Gasteiger partial charge in [-0.1, -0.05) is 23.9 Å². The highest BCUT2D eigenvalue weighted by molar-refractivity contribution is 8.00. The van der Waals surface area contributed by atoms with E-state index in [1.807, 2.05) is 24.3 Å². The lowest BCUT2D eigenvalue weighted by Gasteiger charge is -2.09. The maximum Gasteiger partial charge on any atom is 0.255 e. The van der Waals surface area contributed by atoms with Gasteiger partial charge in [-0.15, -0.1) is 11.3 Å². The van der Waals surface area contributed by atoms with Crippen LogP contribution >= 0.6 is 23.1 Å². The minimum atomic E-state index is -0.208. The molecule has 0 unspecified atom stereocenters. The van der Waals surface area contributed by atoms with Gasteiger partial charge in [-0.05, 0) is 49.2 Å². The number of aromatic nitrogens is 3. The molecular formula is C23H21N5O2S2. The van der Waals surface area contributed by atoms with Crippen LogP contribution < -0.4 is 10.6 Å². The predicted octanol–water partition coefficient (Wildman–Crippen LogP) is 4.36. The number of carbonyl (C=O) groups excluding carboxylic acids is 2. The number of amides is 2. The zero-order chi connectivity index (χ0) is 22.5. The normalized spacial score (nSPS) is 10.8. The number of hydrogen-bond donors (Lipinski definition) is 2. The predicted molar refractivity (Wildman–Crippen MR) is 128 cm³/mol. The number of thiophene rings is 1. The van der Waals surface area contributed by atoms with Crippen LogP contribution in [0.3, 0.4) is 0 Å². The van der Waals surface area contributed by atoms with E-state index >= 15 is 0 Å². The Morgan fingerprint density at radius 1 is 1.09 bits per heavy atom. The maximum atomic E-state index is 12.4. The molecule has 2 amide bonds. The van der Waals surface area contributed by atoms with Crippen molar-refractivity contribution in [3.05, 3.63) is 76.7 Å². The summed E-state index contributed by atoms with van der Waals surface area (Å²) in [5.74, 6) is -0.0310. The number of pyridine rings is 1. The molecule has 0 aliphatic rings. The Labute approximate surface area is 193 Å². The largest absolute Gasteiger partial charge is 0.351 e. The number of nitrogens with zero attached hydrogens (tertiary/aromatic N) is 3. The Balaban J connectivity index is 1.33. The molecule has 0 aliphatic carbocycles. The number of aryl methyl sites for hydroxylation is 2. The van der Waals surface area contributed by atoms with Crippen LogP contribution in [0.15, 0.2) is 60.1 Å². The number of fused-ring (bicyclic) bond motifs is 1. The van der Waals surface area contributed by atoms with Crippen LogP contribution in [0.5, 0.6) is 0 Å². The number of rotatable bonds is 7. The van der Waals surface area contributed by atoms with Crippen molar-refractivity contribution in [2.75, 3.05) is 11.1 Å². The van der Waals surface area contributed by atoms with Crippen molar-refractivity contribution in [3.8, 4) is 0 Å². The highest BCUT2D eigenvalue weighted by atomic mass is 32.2. The van der Waals surface area contributed by atoms with Gasteiger partial charge < -0.3 is 10.6 Å². The molecule has 0 spiro atoms. The van der Waals surface area contributed by atoms with Crippen LogP contribution in [0.1, 0.15) is 26.4 Å². The van der Waals surface area contributed by atoms with E-state index in [1.54, 1.807) is 42.2 Å². The molecular weight excluding hydrogens is 442 g/mol. The Morgan fingerprint density at radius 2 is 1.91 bits per heavy atom. The molecule has 32 heavy (non-hydrogen) atoms. The summed E-state index contributed by atoms with van der Waals surface area (Å²) in [5, 5.41) is 7.65. The van der Waals surface area contributed by atoms with Crippen molar-refractivity contribution in [1.29, 1.82) is 0 Å². The van der Waals surface area contributed by atoms with Crippen molar-refractivity contribution < 1.29 is 9.59 Å². The smallest absolute Gasteiger partial charge is 0.255 e. The van der Waals surface area contributed by atoms with Crippen molar-refractivity contribution in [2.45, 2.75) is 25.4 Å². The van der Waals surface area contributed by atoms with Crippen molar-refractivity contribution >= 4 is 50.8 Å². The summed E-state index contributed by atoms with van der Waals surface area (Å²) >= 11 is 3.05. The van der Waals surface area contributed by atoms with Crippen molar-refractivity contribution in [2.24, 2.45) is 0 Å². The van der Waals surface area contributed by atoms with Crippen molar-refractivity contribution in [1.82, 2.24) is 20.3 Å². The summed E-state index contributed by atoms with van der Waals surface area (Å²) in [6.45, 7) is 4.49. The second-order valence-electron chi connectivity index (χ2n) is 7.10. The third kappa shape index (κ3) is 5.12. The third-order valence-electron chi connectivity index (χ3n) is 4.89. The van der Waals surface area contributed by atoms with E-state index in [2.05, 4.69) is 39.4 Å². The highest BCUT2D eigenvalue weighted by Crippen LogP contribution is 2.34. The van der Waals surface area contributed by atoms with Crippen LogP contribution in [0.2, 0.25) is 0 Å². The van der Waals surface area contributed by atoms with E-state index in [9.17, 15) is 9.59 Å². The summed E-state index contributed by atoms with van der Waals surface area (Å²) in [7, 11) is 0. The van der Waals surface area contributed by atoms with Crippen LogP contribution in [0.4, 0.5) is 5.69 Å². The quantitative estimate of drug-likeness (QED) is 0.312. The Morgan fingerprint density at radius 3 is 2.72 bits per heavy atom. The summed E-state index contributed by atoms with van der Waals surface area (Å²) in [5.41, 5.74) is 3.26. The Kier molecular flexibility index (Phi) is 6.77. The fourth-order valence-electron chi connectivity index (χ4n) is 3.11. The van der Waals surface area contributed by atoms with Crippen LogP contribution in [-0.4, -0.2) is 32.5 Å². The minimum Gasteiger partial charge on any atom is -0.351 e. The number of nitrogens with one attached hydrogen (secondary N) is 2. The lowest BCUT2D eigenvalue weighted by molar-refractivity contribution is -0.118. The second-order valence-corrected chi connectivity index (χ2v) is 9.27. The van der Waals surface area contributed by atoms with Gasteiger partial charge in [0.05, 0.1) is 5.75 Å². The van der Waals surface area contributed by atoms with Gasteiger partial charge in [-0.2, -0.15) is 0 Å². The molecule has 0 bridgehead atoms. The van der Waals surface area contributed by atoms with Crippen molar-refractivity contribution in [3.63, 3.8) is 0 Å². The third-order valence-corrected chi connectivity index (χ3v) is 6.99. The standard InChI is InChI=1S/C23H21N5O2S2/c1-14-15(2)32-23-20(14)22(26-13-27-23)31-12-19(29)25-11-16-4-3-5-18(10-16)28-21(30)17-6-8-24-9-7-17/h3-10,13H,11-12H2,1-2H3,(H,25,29)(H,28,30). The SMILES string of the molecule is Cc1sc2ncnc(SCC(=O)NCc3cccc(NC(=O)c4ccncc4)c3)c2c1C. The van der Waals surface area contributed by atoms with Crippen LogP contribution in [0, 0.1) is 13.8 Å². The van der Waals surface area contributed by atoms with Gasteiger partial charge in [0.15, 0.2) is 0 Å². The summed E-state index contributed by atoms with van der Waals surface area (Å²) in [6.07, 6.45) is 4.70. The van der Waals surface area contributed by atoms with Gasteiger partial charge in [0, 0.05) is 40.5 Å². The molecule has 1 aromatic carbocycles. The van der Waals surface area contributed by atoms with Gasteiger partial charge in [-0.3, -0.25) is 14.6 Å². The summed E-state index contributed by atoms with van der Waals surface area (Å²) in [6, 6.07) is 10.7. The molecule has 0 aliphatic heterocycles. The molecule has 4 rings (SSSR count). The topological polar surface area (TPSA) is 96.9 Å². The molecule has 162 valence electrons. The first-order valence-electron chi connectivity index (χ1n) is 9.92. The molecule has 0 fully saturated rings. The Bertz CT molecular complexity index is 1270. The van der Waals surface area contributed by atoms with Gasteiger partial charge in [-0.25, -0.2) is 9.97 Å². The number of thioether (sulfide) groups is 1. The van der Waals surface area contributed by atoms with Gasteiger partial charge in [0.25, 0.3) is 5.91 Å². The molecule has 2 N–H and O–H groups in total. The zero-order valence-electron chi connectivity index (χ0n) is 17.6. The average molecular weight is 464 g/mol. The summed E-state index contributed by atoms with van der Waals surface area (Å²) < 4.78 is 0. The molecule has 3 heterocycles. The zero-order valence-corrected chi connectivity index (χ0v) is 19.2. The molecule has 0 saturated carbocycles. The van der Waals surface area contributed by atoms with E-state index in [0.29, 0.717) is 17.8 Å². The molecule has 7 nitrogen and oxygen atoms in total. The molecule has 0 atom stereocenters. The van der Waals surface area contributed by atoms with Gasteiger partial charge >= 0.3 is 0 Å². The number of benzene rings is 1. The molecule has 0 saturated heterocycles. The first-order chi connectivity index (χ1) is 15.5. The lowest BCUT2D eigenvalue weighted by Crippen LogP contribution is -2.24. The fraction of sp³-hybridized carbons (Fsp3) is 0.174. The number of hydrogen-bond acceptors (Lipinski definition) is 7. The number of anilines is 1. The minimum absolute atomic E-state index is 0.0856. The van der Waals surface area contributed by atoms with E-state index in [0.717, 1.165) is 20.8 Å². The number of carbonyl (C=O) groups is 2. The molecule has 0 radical (unpaired) electrons. The van der Waals surface area contributed by atoms with Gasteiger partial charge in [0.1, 0.15) is 16.2 Å². The average Bonchev–Trinajstić information content (AvgIpc) is 3.11. The van der Waals surface area contributed by atoms with E-state index < -0.39 is 0 Å². The van der Waals surface area contributed by atoms with E-state index in [1.165, 1.54) is 22.2 Å². The van der Waals surface area contributed by atoms with E-state index in [-0.39, 0.29) is 17.6 Å². The fourth-order valence-corrected chi connectivity index (χ4v) is 5.06. The van der Waals surface area contributed by atoms with Gasteiger partial charge in [0.2, 0.25) is 5.91 Å². The summed E-state index contributed by atoms with van der Waals surface area (Å²) in [4.78, 5) is 39.5. The highest BCUT2D eigenvalue weighted by Gasteiger charge is 2.14. The first kappa shape index (κ1) is 21.9. The Hall–Kier alpha value is -3.30. The maximum absolute atomic E-state index is 12.4. The molecule has 4 aromatic rings. The first-order valence-corrected chi connectivity index (χ1v) is 11.7. The lowest BCUT2D eigenvalue weighted by atomic mass is 10.2.